The Bertz CT molecular complexity index is 1350. The Morgan fingerprint density at radius 3 is 1.88 bits per heavy atom. The molecule has 4 aliphatic heterocycles. The van der Waals surface area contributed by atoms with Crippen LogP contribution in [0.3, 0.4) is 0 Å². The number of nitrogens with zero attached hydrogens (tertiary/aromatic N) is 3. The molecule has 8 atom stereocenters. The average Bonchev–Trinajstić information content (AvgIpc) is 3.74. The first-order valence-electron chi connectivity index (χ1n) is 14.5. The summed E-state index contributed by atoms with van der Waals surface area (Å²) in [5.41, 5.74) is 2.85. The first-order valence-corrected chi connectivity index (χ1v) is 14.5. The van der Waals surface area contributed by atoms with Crippen molar-refractivity contribution in [2.24, 2.45) is 0 Å². The summed E-state index contributed by atoms with van der Waals surface area (Å²) in [6.45, 7) is 8.67. The average molecular weight is 580 g/mol. The second-order valence-electron chi connectivity index (χ2n) is 12.0. The van der Waals surface area contributed by atoms with E-state index in [1.54, 1.807) is 10.9 Å². The van der Waals surface area contributed by atoms with Crippen LogP contribution in [0.5, 0.6) is 0 Å². The third kappa shape index (κ3) is 5.63. The zero-order valence-corrected chi connectivity index (χ0v) is 24.2. The van der Waals surface area contributed by atoms with Gasteiger partial charge in [0.15, 0.2) is 24.2 Å². The Labute approximate surface area is 244 Å². The SMILES string of the molecule is CC1(C)O[C@H]2O[C@H](c3cnnn3C[C@H]3O[C@@H]4OC(C)(C)O[C@@H]4[C@H]3OCc3ccccc3)[C@H](OCc3ccccc3)[C@H]2O1. The second kappa shape index (κ2) is 11.1. The van der Waals surface area contributed by atoms with Crippen LogP contribution in [0.1, 0.15) is 50.6 Å². The molecule has 4 fully saturated rings. The van der Waals surface area contributed by atoms with Crippen LogP contribution >= 0.6 is 0 Å². The normalized spacial score (nSPS) is 34.5. The third-order valence-corrected chi connectivity index (χ3v) is 7.94. The number of fused-ring (bicyclic) bond motifs is 2. The molecule has 0 aliphatic carbocycles. The molecule has 0 unspecified atom stereocenters. The number of hydrogen-bond donors (Lipinski definition) is 0. The fraction of sp³-hybridized carbons (Fsp3) is 0.548. The van der Waals surface area contributed by atoms with Crippen LogP contribution in [0.15, 0.2) is 66.9 Å². The van der Waals surface area contributed by atoms with Crippen LogP contribution in [0.2, 0.25) is 0 Å². The van der Waals surface area contributed by atoms with Gasteiger partial charge in [0.05, 0.1) is 31.6 Å². The zero-order valence-electron chi connectivity index (χ0n) is 24.2. The Kier molecular flexibility index (Phi) is 7.40. The minimum atomic E-state index is -0.778. The van der Waals surface area contributed by atoms with Gasteiger partial charge >= 0.3 is 0 Å². The topological polar surface area (TPSA) is 105 Å². The van der Waals surface area contributed by atoms with E-state index >= 15 is 0 Å². The van der Waals surface area contributed by atoms with Gasteiger partial charge in [0, 0.05) is 0 Å². The van der Waals surface area contributed by atoms with Crippen LogP contribution < -0.4 is 0 Å². The molecule has 224 valence electrons. The molecule has 5 heterocycles. The van der Waals surface area contributed by atoms with E-state index < -0.39 is 54.7 Å². The molecule has 2 aromatic carbocycles. The van der Waals surface area contributed by atoms with Crippen molar-refractivity contribution >= 4 is 0 Å². The Morgan fingerprint density at radius 1 is 0.714 bits per heavy atom. The highest BCUT2D eigenvalue weighted by Gasteiger charge is 2.58. The molecule has 11 nitrogen and oxygen atoms in total. The highest BCUT2D eigenvalue weighted by Crippen LogP contribution is 2.45. The highest BCUT2D eigenvalue weighted by molar-refractivity contribution is 5.15. The lowest BCUT2D eigenvalue weighted by Gasteiger charge is -2.28. The molecular formula is C31H37N3O8. The van der Waals surface area contributed by atoms with E-state index in [0.717, 1.165) is 16.8 Å². The van der Waals surface area contributed by atoms with E-state index in [0.29, 0.717) is 19.8 Å². The smallest absolute Gasteiger partial charge is 0.190 e. The molecule has 4 saturated heterocycles. The summed E-state index contributed by atoms with van der Waals surface area (Å²) in [5, 5.41) is 8.64. The summed E-state index contributed by atoms with van der Waals surface area (Å²) in [4.78, 5) is 0. The first-order chi connectivity index (χ1) is 20.2. The number of aromatic nitrogens is 3. The van der Waals surface area contributed by atoms with Gasteiger partial charge in [-0.3, -0.25) is 0 Å². The van der Waals surface area contributed by atoms with Crippen molar-refractivity contribution in [2.45, 2.75) is 108 Å². The van der Waals surface area contributed by atoms with Crippen molar-refractivity contribution in [1.29, 1.82) is 0 Å². The second-order valence-corrected chi connectivity index (χ2v) is 12.0. The lowest BCUT2D eigenvalue weighted by atomic mass is 10.1. The molecule has 1 aromatic heterocycles. The molecule has 42 heavy (non-hydrogen) atoms. The van der Waals surface area contributed by atoms with Crippen molar-refractivity contribution in [3.8, 4) is 0 Å². The lowest BCUT2D eigenvalue weighted by molar-refractivity contribution is -0.223. The molecule has 0 amide bonds. The summed E-state index contributed by atoms with van der Waals surface area (Å²) in [6, 6.07) is 20.0. The van der Waals surface area contributed by atoms with Crippen LogP contribution in [0, 0.1) is 0 Å². The van der Waals surface area contributed by atoms with Gasteiger partial charge in [-0.1, -0.05) is 65.9 Å². The molecular weight excluding hydrogens is 542 g/mol. The monoisotopic (exact) mass is 579 g/mol. The predicted molar refractivity (Wildman–Crippen MR) is 146 cm³/mol. The molecule has 7 rings (SSSR count). The fourth-order valence-electron chi connectivity index (χ4n) is 6.13. The maximum atomic E-state index is 6.46. The molecule has 0 N–H and O–H groups in total. The predicted octanol–water partition coefficient (Wildman–Crippen LogP) is 3.87. The lowest BCUT2D eigenvalue weighted by Crippen LogP contribution is -2.39. The minimum absolute atomic E-state index is 0.350. The molecule has 0 bridgehead atoms. The van der Waals surface area contributed by atoms with E-state index in [1.165, 1.54) is 0 Å². The van der Waals surface area contributed by atoms with Crippen molar-refractivity contribution in [3.63, 3.8) is 0 Å². The van der Waals surface area contributed by atoms with Gasteiger partial charge in [0.1, 0.15) is 36.6 Å². The molecule has 4 aliphatic rings. The van der Waals surface area contributed by atoms with Gasteiger partial charge in [-0.05, 0) is 38.8 Å². The summed E-state index contributed by atoms with van der Waals surface area (Å²) < 4.78 is 52.0. The Morgan fingerprint density at radius 2 is 1.26 bits per heavy atom. The molecule has 11 heteroatoms. The van der Waals surface area contributed by atoms with Crippen LogP contribution in [0.25, 0.3) is 0 Å². The van der Waals surface area contributed by atoms with Crippen molar-refractivity contribution in [2.75, 3.05) is 0 Å². The van der Waals surface area contributed by atoms with Crippen molar-refractivity contribution < 1.29 is 37.9 Å². The van der Waals surface area contributed by atoms with Crippen molar-refractivity contribution in [3.05, 3.63) is 83.7 Å². The molecule has 3 aromatic rings. The van der Waals surface area contributed by atoms with Crippen LogP contribution in [-0.4, -0.2) is 69.7 Å². The number of benzene rings is 2. The maximum absolute atomic E-state index is 6.46. The van der Waals surface area contributed by atoms with E-state index in [4.69, 9.17) is 37.9 Å². The maximum Gasteiger partial charge on any atom is 0.190 e. The zero-order chi connectivity index (χ0) is 28.9. The quantitative estimate of drug-likeness (QED) is 0.371. The van der Waals surface area contributed by atoms with Gasteiger partial charge in [0.25, 0.3) is 0 Å². The summed E-state index contributed by atoms with van der Waals surface area (Å²) in [6.07, 6.45) is -2.00. The molecule has 0 radical (unpaired) electrons. The highest BCUT2D eigenvalue weighted by atomic mass is 16.9. The molecule has 0 saturated carbocycles. The third-order valence-electron chi connectivity index (χ3n) is 7.94. The summed E-state index contributed by atoms with van der Waals surface area (Å²) >= 11 is 0. The van der Waals surface area contributed by atoms with Gasteiger partial charge < -0.3 is 37.9 Å². The van der Waals surface area contributed by atoms with Crippen molar-refractivity contribution in [1.82, 2.24) is 15.0 Å². The van der Waals surface area contributed by atoms with E-state index in [-0.39, 0.29) is 6.10 Å². The Balaban J connectivity index is 1.11. The fourth-order valence-corrected chi connectivity index (χ4v) is 6.13. The largest absolute Gasteiger partial charge is 0.368 e. The minimum Gasteiger partial charge on any atom is -0.368 e. The van der Waals surface area contributed by atoms with Crippen LogP contribution in [0.4, 0.5) is 0 Å². The summed E-state index contributed by atoms with van der Waals surface area (Å²) in [7, 11) is 0. The van der Waals surface area contributed by atoms with Gasteiger partial charge in [-0.15, -0.1) is 5.10 Å². The van der Waals surface area contributed by atoms with E-state index in [9.17, 15) is 0 Å². The molecule has 0 spiro atoms. The van der Waals surface area contributed by atoms with Gasteiger partial charge in [-0.25, -0.2) is 4.68 Å². The number of rotatable bonds is 9. The van der Waals surface area contributed by atoms with Gasteiger partial charge in [0.2, 0.25) is 0 Å². The standard InChI is InChI=1S/C31H37N3O8/c1-30(2)39-26-24(35-17-19-11-7-5-8-12-19)22(37-28(26)41-30)16-34-21(15-32-33-34)23-25(36-18-20-13-9-6-10-14-20)27-29(38-23)42-31(3,4)40-27/h5-15,22-29H,16-18H2,1-4H3/t22-,23-,24+,25+,26-,27-,28-,29-/m1/s1. The van der Waals surface area contributed by atoms with E-state index in [2.05, 4.69) is 10.3 Å². The first kappa shape index (κ1) is 28.1. The summed E-state index contributed by atoms with van der Waals surface area (Å²) in [5.74, 6) is -1.54. The Hall–Kier alpha value is -2.74. The van der Waals surface area contributed by atoms with Gasteiger partial charge in [-0.2, -0.15) is 0 Å². The number of ether oxygens (including phenoxy) is 8. The van der Waals surface area contributed by atoms with Crippen LogP contribution in [-0.2, 0) is 57.7 Å². The van der Waals surface area contributed by atoms with E-state index in [1.807, 2.05) is 88.4 Å². The number of hydrogen-bond acceptors (Lipinski definition) is 10.